The third-order valence-electron chi connectivity index (χ3n) is 6.29. The van der Waals surface area contributed by atoms with Crippen LogP contribution in [0, 0.1) is 11.8 Å². The Balaban J connectivity index is 0.000000258. The standard InChI is InChI=1S/2C10H17NO2.2C2H6/c2*1-8-3-4-13-10(5-8)6-11(7-10)9(2)12;2*1-2/h2*8H,3-7H2,1-2H3;2*1-2H3/t8-;;;/m1.../s1. The molecule has 4 heterocycles. The van der Waals surface area contributed by atoms with Crippen molar-refractivity contribution in [1.29, 1.82) is 0 Å². The molecule has 0 radical (unpaired) electrons. The maximum atomic E-state index is 11.0. The van der Waals surface area contributed by atoms with Gasteiger partial charge in [-0.25, -0.2) is 0 Å². The zero-order valence-electron chi connectivity index (χ0n) is 20.8. The van der Waals surface area contributed by atoms with Gasteiger partial charge in [-0.1, -0.05) is 41.5 Å². The van der Waals surface area contributed by atoms with Crippen LogP contribution in [-0.4, -0.2) is 72.2 Å². The summed E-state index contributed by atoms with van der Waals surface area (Å²) in [6.07, 6.45) is 4.58. The number of ether oxygens (including phenoxy) is 2. The van der Waals surface area contributed by atoms with E-state index in [4.69, 9.17) is 9.47 Å². The minimum atomic E-state index is 0.0311. The topological polar surface area (TPSA) is 59.1 Å². The summed E-state index contributed by atoms with van der Waals surface area (Å²) in [4.78, 5) is 25.7. The molecular weight excluding hydrogens is 380 g/mol. The molecule has 0 aromatic heterocycles. The first-order chi connectivity index (χ1) is 14.2. The fraction of sp³-hybridized carbons (Fsp3) is 0.917. The Morgan fingerprint density at radius 1 is 0.700 bits per heavy atom. The van der Waals surface area contributed by atoms with Crippen LogP contribution < -0.4 is 0 Å². The van der Waals surface area contributed by atoms with E-state index in [1.807, 2.05) is 37.5 Å². The zero-order valence-corrected chi connectivity index (χ0v) is 20.8. The van der Waals surface area contributed by atoms with Crippen molar-refractivity contribution in [2.45, 2.75) is 92.3 Å². The van der Waals surface area contributed by atoms with Crippen LogP contribution in [0.3, 0.4) is 0 Å². The Bertz CT molecular complexity index is 491. The minimum absolute atomic E-state index is 0.0311. The maximum Gasteiger partial charge on any atom is 0.219 e. The van der Waals surface area contributed by atoms with Gasteiger partial charge in [0.1, 0.15) is 11.2 Å². The molecule has 2 spiro atoms. The average Bonchev–Trinajstić information content (AvgIpc) is 2.67. The molecule has 0 aromatic rings. The van der Waals surface area contributed by atoms with E-state index < -0.39 is 0 Å². The van der Waals surface area contributed by atoms with Gasteiger partial charge >= 0.3 is 0 Å². The van der Waals surface area contributed by atoms with Gasteiger partial charge in [0.15, 0.2) is 0 Å². The molecule has 176 valence electrons. The largest absolute Gasteiger partial charge is 0.371 e. The maximum absolute atomic E-state index is 11.0. The third kappa shape index (κ3) is 6.94. The van der Waals surface area contributed by atoms with Gasteiger partial charge in [-0.2, -0.15) is 0 Å². The molecular formula is C24H46N2O4. The average molecular weight is 427 g/mol. The Morgan fingerprint density at radius 3 is 1.23 bits per heavy atom. The van der Waals surface area contributed by atoms with E-state index in [0.717, 1.165) is 64.1 Å². The molecule has 30 heavy (non-hydrogen) atoms. The van der Waals surface area contributed by atoms with Crippen molar-refractivity contribution in [3.8, 4) is 0 Å². The van der Waals surface area contributed by atoms with Gasteiger partial charge in [-0.3, -0.25) is 9.59 Å². The predicted molar refractivity (Wildman–Crippen MR) is 121 cm³/mol. The number of carbonyl (C=O) groups excluding carboxylic acids is 2. The van der Waals surface area contributed by atoms with E-state index in [-0.39, 0.29) is 23.0 Å². The first-order valence-electron chi connectivity index (χ1n) is 12.0. The lowest BCUT2D eigenvalue weighted by molar-refractivity contribution is -0.185. The normalized spacial score (nSPS) is 27.7. The molecule has 4 rings (SSSR count). The minimum Gasteiger partial charge on any atom is -0.371 e. The van der Waals surface area contributed by atoms with E-state index >= 15 is 0 Å². The highest BCUT2D eigenvalue weighted by atomic mass is 16.5. The van der Waals surface area contributed by atoms with Crippen molar-refractivity contribution in [3.63, 3.8) is 0 Å². The lowest BCUT2D eigenvalue weighted by Gasteiger charge is -2.52. The number of amides is 2. The highest BCUT2D eigenvalue weighted by Crippen LogP contribution is 2.37. The molecule has 0 N–H and O–H groups in total. The van der Waals surface area contributed by atoms with E-state index in [0.29, 0.717) is 0 Å². The van der Waals surface area contributed by atoms with Crippen LogP contribution in [-0.2, 0) is 19.1 Å². The van der Waals surface area contributed by atoms with Crippen LogP contribution in [0.25, 0.3) is 0 Å². The van der Waals surface area contributed by atoms with E-state index in [1.165, 1.54) is 12.8 Å². The van der Waals surface area contributed by atoms with Gasteiger partial charge in [-0.15, -0.1) is 0 Å². The molecule has 0 aromatic carbocycles. The molecule has 0 saturated carbocycles. The molecule has 4 aliphatic heterocycles. The van der Waals surface area contributed by atoms with E-state index in [1.54, 1.807) is 13.8 Å². The van der Waals surface area contributed by atoms with Gasteiger partial charge in [0.25, 0.3) is 0 Å². The highest BCUT2D eigenvalue weighted by Gasteiger charge is 2.48. The van der Waals surface area contributed by atoms with Crippen molar-refractivity contribution in [2.24, 2.45) is 11.8 Å². The molecule has 2 amide bonds. The smallest absolute Gasteiger partial charge is 0.219 e. The van der Waals surface area contributed by atoms with Crippen molar-refractivity contribution >= 4 is 11.8 Å². The summed E-state index contributed by atoms with van der Waals surface area (Å²) in [5.41, 5.74) is 0.0622. The number of rotatable bonds is 0. The van der Waals surface area contributed by atoms with Crippen LogP contribution in [0.2, 0.25) is 0 Å². The summed E-state index contributed by atoms with van der Waals surface area (Å²) in [5.74, 6) is 1.85. The quantitative estimate of drug-likeness (QED) is 0.585. The van der Waals surface area contributed by atoms with Gasteiger partial charge in [0, 0.05) is 27.1 Å². The lowest BCUT2D eigenvalue weighted by atomic mass is 9.81. The fourth-order valence-corrected chi connectivity index (χ4v) is 4.73. The molecule has 6 nitrogen and oxygen atoms in total. The monoisotopic (exact) mass is 426 g/mol. The molecule has 2 atom stereocenters. The van der Waals surface area contributed by atoms with Crippen LogP contribution in [0.15, 0.2) is 0 Å². The number of hydrogen-bond donors (Lipinski definition) is 0. The second kappa shape index (κ2) is 12.0. The Morgan fingerprint density at radius 2 is 1.00 bits per heavy atom. The predicted octanol–water partition coefficient (Wildman–Crippen LogP) is 4.12. The number of likely N-dealkylation sites (tertiary alicyclic amines) is 2. The van der Waals surface area contributed by atoms with Gasteiger partial charge < -0.3 is 19.3 Å². The fourth-order valence-electron chi connectivity index (χ4n) is 4.73. The lowest BCUT2D eigenvalue weighted by Crippen LogP contribution is -2.66. The van der Waals surface area contributed by atoms with Crippen LogP contribution in [0.4, 0.5) is 0 Å². The second-order valence-corrected chi connectivity index (χ2v) is 9.01. The Labute approximate surface area is 184 Å². The van der Waals surface area contributed by atoms with Gasteiger partial charge in [0.2, 0.25) is 11.8 Å². The summed E-state index contributed by atoms with van der Waals surface area (Å²) in [7, 11) is 0. The molecule has 4 fully saturated rings. The number of carbonyl (C=O) groups is 2. The van der Waals surface area contributed by atoms with Crippen LogP contribution in [0.1, 0.15) is 81.1 Å². The number of hydrogen-bond acceptors (Lipinski definition) is 4. The SMILES string of the molecule is CC.CC.CC(=O)N1CC2(CC(C)CCO2)C1.CC(=O)N1CC2(C[C@H](C)CCO2)C1. The van der Waals surface area contributed by atoms with Crippen molar-refractivity contribution in [1.82, 2.24) is 9.80 Å². The summed E-state index contributed by atoms with van der Waals surface area (Å²) < 4.78 is 11.5. The van der Waals surface area contributed by atoms with Crippen molar-refractivity contribution in [2.75, 3.05) is 39.4 Å². The third-order valence-corrected chi connectivity index (χ3v) is 6.29. The first-order valence-corrected chi connectivity index (χ1v) is 12.0. The van der Waals surface area contributed by atoms with E-state index in [2.05, 4.69) is 13.8 Å². The molecule has 4 aliphatic rings. The molecule has 1 unspecified atom stereocenters. The summed E-state index contributed by atoms with van der Waals surface area (Å²) in [6.45, 7) is 20.8. The van der Waals surface area contributed by atoms with Crippen molar-refractivity contribution < 1.29 is 19.1 Å². The number of nitrogens with zero attached hydrogens (tertiary/aromatic N) is 2. The van der Waals surface area contributed by atoms with Crippen LogP contribution in [0.5, 0.6) is 0 Å². The second-order valence-electron chi connectivity index (χ2n) is 9.01. The zero-order chi connectivity index (χ0) is 22.9. The highest BCUT2D eigenvalue weighted by molar-refractivity contribution is 5.75. The first kappa shape index (κ1) is 26.9. The Kier molecular flexibility index (Phi) is 10.8. The van der Waals surface area contributed by atoms with Gasteiger partial charge in [-0.05, 0) is 37.5 Å². The van der Waals surface area contributed by atoms with E-state index in [9.17, 15) is 9.59 Å². The summed E-state index contributed by atoms with van der Waals surface area (Å²) in [5, 5.41) is 0. The van der Waals surface area contributed by atoms with Crippen molar-refractivity contribution in [3.05, 3.63) is 0 Å². The summed E-state index contributed by atoms with van der Waals surface area (Å²) >= 11 is 0. The molecule has 4 saturated heterocycles. The molecule has 0 aliphatic carbocycles. The van der Waals surface area contributed by atoms with Crippen LogP contribution >= 0.6 is 0 Å². The summed E-state index contributed by atoms with van der Waals surface area (Å²) in [6, 6.07) is 0. The Hall–Kier alpha value is -1.14. The van der Waals surface area contributed by atoms with Gasteiger partial charge in [0.05, 0.1) is 26.2 Å². The molecule has 0 bridgehead atoms. The molecule has 6 heteroatoms.